The van der Waals surface area contributed by atoms with Crippen molar-refractivity contribution in [3.63, 3.8) is 0 Å². The van der Waals surface area contributed by atoms with Gasteiger partial charge in [0.05, 0.1) is 0 Å². The number of hydrogen-bond donors (Lipinski definition) is 1. The highest BCUT2D eigenvalue weighted by atomic mass is 16.6. The average Bonchev–Trinajstić information content (AvgIpc) is 3.12. The third kappa shape index (κ3) is 40.8. The molecule has 0 saturated heterocycles. The molecule has 0 aliphatic rings. The van der Waals surface area contributed by atoms with Gasteiger partial charge in [-0.05, 0) is 64.2 Å². The molecule has 0 amide bonds. The summed E-state index contributed by atoms with van der Waals surface area (Å²) in [6.45, 7) is 4.30. The molecule has 0 saturated carbocycles. The number of carbonyl (C=O) groups is 2. The average molecular weight is 705 g/mol. The van der Waals surface area contributed by atoms with E-state index in [-0.39, 0.29) is 25.2 Å². The molecule has 0 spiro atoms. The lowest BCUT2D eigenvalue weighted by Crippen LogP contribution is -2.25. The Hall–Kier alpha value is -1.62. The van der Waals surface area contributed by atoms with E-state index in [1.807, 2.05) is 0 Å². The van der Waals surface area contributed by atoms with Crippen molar-refractivity contribution in [3.05, 3.63) is 24.3 Å². The van der Waals surface area contributed by atoms with Gasteiger partial charge in [-0.3, -0.25) is 9.59 Å². The molecule has 50 heavy (non-hydrogen) atoms. The Labute approximate surface area is 311 Å². The van der Waals surface area contributed by atoms with Gasteiger partial charge < -0.3 is 14.6 Å². The topological polar surface area (TPSA) is 72.8 Å². The van der Waals surface area contributed by atoms with Crippen molar-refractivity contribution in [2.75, 3.05) is 13.2 Å². The maximum atomic E-state index is 12.0. The smallest absolute Gasteiger partial charge is 0.305 e. The Balaban J connectivity index is 3.40. The quantitative estimate of drug-likeness (QED) is 0.0390. The highest BCUT2D eigenvalue weighted by Gasteiger charge is 2.12. The zero-order valence-corrected chi connectivity index (χ0v) is 33.4. The molecule has 0 aromatic heterocycles. The van der Waals surface area contributed by atoms with Crippen LogP contribution >= 0.6 is 0 Å². The van der Waals surface area contributed by atoms with Crippen LogP contribution in [0.2, 0.25) is 0 Å². The predicted molar refractivity (Wildman–Crippen MR) is 215 cm³/mol. The molecule has 0 rings (SSSR count). The summed E-state index contributed by atoms with van der Waals surface area (Å²) >= 11 is 0. The SMILES string of the molecule is CCCCCCCC/C=C\CCCCCCCCCCCCCC(=O)OC[C@H](O)COC(=O)CCCCCCC/C=C\CCCCCCCC. The first-order chi connectivity index (χ1) is 24.6. The number of hydrogen-bond acceptors (Lipinski definition) is 5. The molecule has 0 aliphatic carbocycles. The molecule has 0 aliphatic heterocycles. The number of rotatable bonds is 40. The van der Waals surface area contributed by atoms with Gasteiger partial charge in [-0.15, -0.1) is 0 Å². The van der Waals surface area contributed by atoms with Crippen LogP contribution in [0.4, 0.5) is 0 Å². The lowest BCUT2D eigenvalue weighted by molar-refractivity contribution is -0.152. The van der Waals surface area contributed by atoms with Gasteiger partial charge in [-0.2, -0.15) is 0 Å². The summed E-state index contributed by atoms with van der Waals surface area (Å²) in [5.74, 6) is -0.567. The molecule has 0 aromatic rings. The summed E-state index contributed by atoms with van der Waals surface area (Å²) in [7, 11) is 0. The van der Waals surface area contributed by atoms with Gasteiger partial charge in [0, 0.05) is 12.8 Å². The fourth-order valence-electron chi connectivity index (χ4n) is 6.31. The van der Waals surface area contributed by atoms with E-state index in [2.05, 4.69) is 38.2 Å². The summed E-state index contributed by atoms with van der Waals surface area (Å²) in [5.41, 5.74) is 0. The van der Waals surface area contributed by atoms with Crippen LogP contribution < -0.4 is 0 Å². The Kier molecular flexibility index (Phi) is 40.4. The van der Waals surface area contributed by atoms with Gasteiger partial charge in [-0.25, -0.2) is 0 Å². The van der Waals surface area contributed by atoms with Crippen molar-refractivity contribution in [1.82, 2.24) is 0 Å². The van der Waals surface area contributed by atoms with E-state index < -0.39 is 6.10 Å². The normalized spacial score (nSPS) is 12.3. The van der Waals surface area contributed by atoms with Crippen molar-refractivity contribution in [1.29, 1.82) is 0 Å². The fourth-order valence-corrected chi connectivity index (χ4v) is 6.31. The Bertz CT molecular complexity index is 761. The van der Waals surface area contributed by atoms with Crippen LogP contribution in [0, 0.1) is 0 Å². The molecule has 5 heteroatoms. The summed E-state index contributed by atoms with van der Waals surface area (Å²) in [6, 6.07) is 0. The molecule has 1 N–H and O–H groups in total. The second-order valence-corrected chi connectivity index (χ2v) is 14.8. The molecule has 0 aromatic carbocycles. The summed E-state index contributed by atoms with van der Waals surface area (Å²) in [5, 5.41) is 10.0. The molecule has 1 atom stereocenters. The number of aliphatic hydroxyl groups is 1. The summed E-state index contributed by atoms with van der Waals surface area (Å²) < 4.78 is 10.4. The van der Waals surface area contributed by atoms with Gasteiger partial charge in [-0.1, -0.05) is 179 Å². The fraction of sp³-hybridized carbons (Fsp3) is 0.867. The van der Waals surface area contributed by atoms with Crippen molar-refractivity contribution in [3.8, 4) is 0 Å². The van der Waals surface area contributed by atoms with E-state index in [4.69, 9.17) is 9.47 Å². The van der Waals surface area contributed by atoms with E-state index in [9.17, 15) is 14.7 Å². The third-order valence-corrected chi connectivity index (χ3v) is 9.66. The lowest BCUT2D eigenvalue weighted by atomic mass is 10.0. The minimum atomic E-state index is -0.964. The maximum absolute atomic E-state index is 12.0. The first-order valence-corrected chi connectivity index (χ1v) is 21.9. The summed E-state index contributed by atoms with van der Waals surface area (Å²) in [6.07, 6.45) is 49.6. The Morgan fingerprint density at radius 3 is 0.920 bits per heavy atom. The van der Waals surface area contributed by atoms with E-state index >= 15 is 0 Å². The number of aliphatic hydroxyl groups excluding tert-OH is 1. The summed E-state index contributed by atoms with van der Waals surface area (Å²) in [4.78, 5) is 24.0. The van der Waals surface area contributed by atoms with Crippen LogP contribution in [0.5, 0.6) is 0 Å². The number of allylic oxidation sites excluding steroid dienone is 4. The Morgan fingerprint density at radius 2 is 0.640 bits per heavy atom. The molecule has 5 nitrogen and oxygen atoms in total. The highest BCUT2D eigenvalue weighted by molar-refractivity contribution is 5.69. The van der Waals surface area contributed by atoms with Crippen LogP contribution in [0.25, 0.3) is 0 Å². The van der Waals surface area contributed by atoms with Crippen LogP contribution in [0.15, 0.2) is 24.3 Å². The molecule has 0 unspecified atom stereocenters. The van der Waals surface area contributed by atoms with Crippen molar-refractivity contribution in [2.24, 2.45) is 0 Å². The minimum Gasteiger partial charge on any atom is -0.463 e. The molecular weight excluding hydrogens is 620 g/mol. The molecule has 0 radical (unpaired) electrons. The van der Waals surface area contributed by atoms with Crippen LogP contribution in [0.1, 0.15) is 232 Å². The Morgan fingerprint density at radius 1 is 0.400 bits per heavy atom. The van der Waals surface area contributed by atoms with E-state index in [0.717, 1.165) is 44.9 Å². The lowest BCUT2D eigenvalue weighted by Gasteiger charge is -2.12. The second-order valence-electron chi connectivity index (χ2n) is 14.8. The van der Waals surface area contributed by atoms with E-state index in [0.29, 0.717) is 12.8 Å². The van der Waals surface area contributed by atoms with Gasteiger partial charge in [0.2, 0.25) is 0 Å². The monoisotopic (exact) mass is 705 g/mol. The molecular formula is C45H84O5. The predicted octanol–water partition coefficient (Wildman–Crippen LogP) is 13.8. The first kappa shape index (κ1) is 48.4. The van der Waals surface area contributed by atoms with Crippen LogP contribution in [-0.4, -0.2) is 36.4 Å². The highest BCUT2D eigenvalue weighted by Crippen LogP contribution is 2.14. The molecule has 0 bridgehead atoms. The van der Waals surface area contributed by atoms with Crippen molar-refractivity contribution < 1.29 is 24.2 Å². The van der Waals surface area contributed by atoms with Crippen LogP contribution in [-0.2, 0) is 19.1 Å². The minimum absolute atomic E-state index is 0.116. The molecule has 0 heterocycles. The van der Waals surface area contributed by atoms with Gasteiger partial charge >= 0.3 is 11.9 Å². The maximum Gasteiger partial charge on any atom is 0.305 e. The second kappa shape index (κ2) is 41.8. The van der Waals surface area contributed by atoms with Crippen LogP contribution in [0.3, 0.4) is 0 Å². The number of esters is 2. The standard InChI is InChI=1S/C45H84O5/c1-3-5-7-9-11-13-15-17-19-20-21-22-23-24-26-28-30-32-34-36-38-40-45(48)50-42-43(46)41-49-44(47)39-37-35-33-31-29-27-25-18-16-14-12-10-8-6-4-2/h17-19,25,43,46H,3-16,20-24,26-42H2,1-2H3/b19-17-,25-18-/t43-/m1/s1. The van der Waals surface area contributed by atoms with Gasteiger partial charge in [0.25, 0.3) is 0 Å². The van der Waals surface area contributed by atoms with Gasteiger partial charge in [0.15, 0.2) is 0 Å². The van der Waals surface area contributed by atoms with Crippen molar-refractivity contribution in [2.45, 2.75) is 238 Å². The number of carbonyl (C=O) groups excluding carboxylic acids is 2. The zero-order valence-electron chi connectivity index (χ0n) is 33.4. The zero-order chi connectivity index (χ0) is 36.4. The van der Waals surface area contributed by atoms with Crippen molar-refractivity contribution >= 4 is 11.9 Å². The largest absolute Gasteiger partial charge is 0.463 e. The molecule has 294 valence electrons. The number of unbranched alkanes of at least 4 members (excludes halogenated alkanes) is 28. The third-order valence-electron chi connectivity index (χ3n) is 9.66. The number of ether oxygens (including phenoxy) is 2. The first-order valence-electron chi connectivity index (χ1n) is 21.9. The van der Waals surface area contributed by atoms with Gasteiger partial charge in [0.1, 0.15) is 19.3 Å². The molecule has 0 fully saturated rings. The van der Waals surface area contributed by atoms with E-state index in [1.165, 1.54) is 161 Å². The van der Waals surface area contributed by atoms with E-state index in [1.54, 1.807) is 0 Å².